The quantitative estimate of drug-likeness (QED) is 0.655. The highest BCUT2D eigenvalue weighted by atomic mass is 32.2. The van der Waals surface area contributed by atoms with Crippen molar-refractivity contribution in [3.05, 3.63) is 23.8 Å². The first-order chi connectivity index (χ1) is 12.4. The van der Waals surface area contributed by atoms with Gasteiger partial charge in [0.25, 0.3) is 0 Å². The lowest BCUT2D eigenvalue weighted by Crippen LogP contribution is -2.38. The van der Waals surface area contributed by atoms with E-state index >= 15 is 0 Å². The van der Waals surface area contributed by atoms with Gasteiger partial charge in [-0.2, -0.15) is 0 Å². The number of sulfonamides is 1. The molecule has 0 aromatic heterocycles. The van der Waals surface area contributed by atoms with Gasteiger partial charge in [-0.05, 0) is 43.5 Å². The Morgan fingerprint density at radius 2 is 2.00 bits per heavy atom. The molecule has 0 bridgehead atoms. The first-order valence-electron chi connectivity index (χ1n) is 8.94. The molecule has 26 heavy (non-hydrogen) atoms. The average molecular weight is 384 g/mol. The molecule has 0 radical (unpaired) electrons. The zero-order valence-electron chi connectivity index (χ0n) is 15.5. The molecular formula is C18H28N2O5S. The Kier molecular flexibility index (Phi) is 7.86. The average Bonchev–Trinajstić information content (AvgIpc) is 2.81. The van der Waals surface area contributed by atoms with Crippen molar-refractivity contribution in [2.75, 3.05) is 40.0 Å². The predicted molar refractivity (Wildman–Crippen MR) is 98.8 cm³/mol. The van der Waals surface area contributed by atoms with Crippen LogP contribution in [0.1, 0.15) is 31.2 Å². The number of methoxy groups -OCH3 is 1. The van der Waals surface area contributed by atoms with Crippen LogP contribution in [0.3, 0.4) is 0 Å². The molecule has 7 nitrogen and oxygen atoms in total. The summed E-state index contributed by atoms with van der Waals surface area (Å²) in [6.45, 7) is 3.99. The summed E-state index contributed by atoms with van der Waals surface area (Å²) in [5.74, 6) is 0.742. The smallest absolute Gasteiger partial charge is 0.240 e. The third-order valence-electron chi connectivity index (χ3n) is 4.35. The Morgan fingerprint density at radius 3 is 2.73 bits per heavy atom. The molecule has 0 atom stereocenters. The SMILES string of the molecule is COCCOc1ccc(S(=O)(=O)NCCN2CCCCCC2=O)cc1C. The number of nitrogens with zero attached hydrogens (tertiary/aromatic N) is 1. The second-order valence-electron chi connectivity index (χ2n) is 6.36. The zero-order valence-corrected chi connectivity index (χ0v) is 16.3. The van der Waals surface area contributed by atoms with E-state index in [1.165, 1.54) is 6.07 Å². The summed E-state index contributed by atoms with van der Waals surface area (Å²) >= 11 is 0. The largest absolute Gasteiger partial charge is 0.491 e. The Hall–Kier alpha value is -1.64. The van der Waals surface area contributed by atoms with Gasteiger partial charge in [-0.3, -0.25) is 4.79 Å². The van der Waals surface area contributed by atoms with E-state index in [2.05, 4.69) is 4.72 Å². The van der Waals surface area contributed by atoms with Gasteiger partial charge in [-0.1, -0.05) is 6.42 Å². The number of carbonyl (C=O) groups is 1. The van der Waals surface area contributed by atoms with E-state index < -0.39 is 10.0 Å². The number of ether oxygens (including phenoxy) is 2. The minimum atomic E-state index is -3.62. The number of benzene rings is 1. The summed E-state index contributed by atoms with van der Waals surface area (Å²) in [6.07, 6.45) is 3.49. The summed E-state index contributed by atoms with van der Waals surface area (Å²) < 4.78 is 38.0. The highest BCUT2D eigenvalue weighted by Gasteiger charge is 2.19. The molecule has 1 fully saturated rings. The van der Waals surface area contributed by atoms with Crippen LogP contribution in [0.2, 0.25) is 0 Å². The monoisotopic (exact) mass is 384 g/mol. The molecule has 146 valence electrons. The Balaban J connectivity index is 1.92. The van der Waals surface area contributed by atoms with Gasteiger partial charge < -0.3 is 14.4 Å². The molecule has 1 amide bonds. The van der Waals surface area contributed by atoms with Gasteiger partial charge in [0.1, 0.15) is 12.4 Å². The highest BCUT2D eigenvalue weighted by Crippen LogP contribution is 2.21. The Bertz CT molecular complexity index is 706. The number of amides is 1. The number of likely N-dealkylation sites (tertiary alicyclic amines) is 1. The molecule has 1 saturated heterocycles. The topological polar surface area (TPSA) is 84.9 Å². The maximum atomic E-state index is 12.5. The molecule has 1 aromatic carbocycles. The van der Waals surface area contributed by atoms with Gasteiger partial charge in [0.05, 0.1) is 11.5 Å². The second kappa shape index (κ2) is 9.89. The van der Waals surface area contributed by atoms with Crippen molar-refractivity contribution in [1.82, 2.24) is 9.62 Å². The van der Waals surface area contributed by atoms with Crippen molar-refractivity contribution < 1.29 is 22.7 Å². The highest BCUT2D eigenvalue weighted by molar-refractivity contribution is 7.89. The number of aryl methyl sites for hydroxylation is 1. The van der Waals surface area contributed by atoms with E-state index in [1.54, 1.807) is 31.1 Å². The van der Waals surface area contributed by atoms with E-state index in [9.17, 15) is 13.2 Å². The van der Waals surface area contributed by atoms with E-state index in [0.29, 0.717) is 38.5 Å². The number of nitrogens with one attached hydrogen (secondary N) is 1. The normalized spacial score (nSPS) is 15.8. The standard InChI is InChI=1S/C18H28N2O5S/c1-15-14-16(7-8-17(15)25-13-12-24-2)26(22,23)19-9-11-20-10-5-3-4-6-18(20)21/h7-8,14,19H,3-6,9-13H2,1-2H3. The van der Waals surface area contributed by atoms with Crippen molar-refractivity contribution >= 4 is 15.9 Å². The zero-order chi connectivity index (χ0) is 19.0. The molecule has 8 heteroatoms. The van der Waals surface area contributed by atoms with Crippen LogP contribution in [-0.4, -0.2) is 59.2 Å². The lowest BCUT2D eigenvalue weighted by molar-refractivity contribution is -0.130. The van der Waals surface area contributed by atoms with E-state index in [1.807, 2.05) is 0 Å². The molecule has 1 aliphatic rings. The fraction of sp³-hybridized carbons (Fsp3) is 0.611. The van der Waals surface area contributed by atoms with Gasteiger partial charge in [0, 0.05) is 33.2 Å². The first kappa shape index (κ1) is 20.7. The maximum Gasteiger partial charge on any atom is 0.240 e. The van der Waals surface area contributed by atoms with E-state index in [0.717, 1.165) is 24.8 Å². The summed E-state index contributed by atoms with van der Waals surface area (Å²) in [4.78, 5) is 13.9. The minimum absolute atomic E-state index is 0.107. The molecule has 0 unspecified atom stereocenters. The molecule has 1 aromatic rings. The van der Waals surface area contributed by atoms with Gasteiger partial charge in [0.15, 0.2) is 0 Å². The Morgan fingerprint density at radius 1 is 1.19 bits per heavy atom. The number of hydrogen-bond donors (Lipinski definition) is 1. The van der Waals surface area contributed by atoms with Crippen molar-refractivity contribution in [3.63, 3.8) is 0 Å². The number of rotatable bonds is 9. The molecule has 1 aliphatic heterocycles. The summed E-state index contributed by atoms with van der Waals surface area (Å²) in [5.41, 5.74) is 0.742. The molecule has 2 rings (SSSR count). The van der Waals surface area contributed by atoms with Crippen LogP contribution in [0.15, 0.2) is 23.1 Å². The van der Waals surface area contributed by atoms with Crippen LogP contribution in [0, 0.1) is 6.92 Å². The molecular weight excluding hydrogens is 356 g/mol. The van der Waals surface area contributed by atoms with Gasteiger partial charge >= 0.3 is 0 Å². The van der Waals surface area contributed by atoms with Gasteiger partial charge in [0.2, 0.25) is 15.9 Å². The Labute approximate surface area is 155 Å². The summed E-state index contributed by atoms with van der Waals surface area (Å²) in [7, 11) is -2.03. The van der Waals surface area contributed by atoms with Crippen molar-refractivity contribution in [1.29, 1.82) is 0 Å². The second-order valence-corrected chi connectivity index (χ2v) is 8.12. The van der Waals surface area contributed by atoms with Crippen LogP contribution in [-0.2, 0) is 19.6 Å². The van der Waals surface area contributed by atoms with E-state index in [-0.39, 0.29) is 17.3 Å². The predicted octanol–water partition coefficient (Wildman–Crippen LogP) is 1.70. The van der Waals surface area contributed by atoms with Crippen LogP contribution >= 0.6 is 0 Å². The fourth-order valence-corrected chi connectivity index (χ4v) is 3.97. The first-order valence-corrected chi connectivity index (χ1v) is 10.4. The lowest BCUT2D eigenvalue weighted by Gasteiger charge is -2.20. The van der Waals surface area contributed by atoms with Crippen LogP contribution in [0.5, 0.6) is 5.75 Å². The summed E-state index contributed by atoms with van der Waals surface area (Å²) in [6, 6.07) is 4.76. The maximum absolute atomic E-state index is 12.5. The third kappa shape index (κ3) is 5.96. The van der Waals surface area contributed by atoms with E-state index in [4.69, 9.17) is 9.47 Å². The van der Waals surface area contributed by atoms with Gasteiger partial charge in [-0.15, -0.1) is 0 Å². The third-order valence-corrected chi connectivity index (χ3v) is 5.81. The van der Waals surface area contributed by atoms with Crippen molar-refractivity contribution in [2.24, 2.45) is 0 Å². The number of carbonyl (C=O) groups excluding carboxylic acids is 1. The molecule has 0 saturated carbocycles. The lowest BCUT2D eigenvalue weighted by atomic mass is 10.2. The van der Waals surface area contributed by atoms with Crippen molar-refractivity contribution in [2.45, 2.75) is 37.5 Å². The molecule has 1 N–H and O–H groups in total. The molecule has 1 heterocycles. The van der Waals surface area contributed by atoms with Crippen LogP contribution in [0.25, 0.3) is 0 Å². The minimum Gasteiger partial charge on any atom is -0.491 e. The van der Waals surface area contributed by atoms with Crippen molar-refractivity contribution in [3.8, 4) is 5.75 Å². The van der Waals surface area contributed by atoms with Gasteiger partial charge in [-0.25, -0.2) is 13.1 Å². The van der Waals surface area contributed by atoms with Crippen LogP contribution < -0.4 is 9.46 Å². The van der Waals surface area contributed by atoms with Crippen LogP contribution in [0.4, 0.5) is 0 Å². The summed E-state index contributed by atoms with van der Waals surface area (Å²) in [5, 5.41) is 0. The number of hydrogen-bond acceptors (Lipinski definition) is 5. The fourth-order valence-electron chi connectivity index (χ4n) is 2.86. The molecule has 0 aliphatic carbocycles. The molecule has 0 spiro atoms.